The van der Waals surface area contributed by atoms with Crippen LogP contribution in [0.2, 0.25) is 0 Å². The molecule has 0 aromatic carbocycles. The van der Waals surface area contributed by atoms with Gasteiger partial charge in [0.05, 0.1) is 10.4 Å². The molecule has 0 unspecified atom stereocenters. The minimum absolute atomic E-state index is 0.670. The van der Waals surface area contributed by atoms with Crippen LogP contribution < -0.4 is 5.73 Å². The first-order chi connectivity index (χ1) is 5.33. The van der Waals surface area contributed by atoms with Crippen LogP contribution in [0.25, 0.3) is 0 Å². The minimum Gasteiger partial charge on any atom is -0.375 e. The molecule has 11 heavy (non-hydrogen) atoms. The van der Waals surface area contributed by atoms with Gasteiger partial charge in [0.1, 0.15) is 0 Å². The van der Waals surface area contributed by atoms with Gasteiger partial charge in [0.2, 0.25) is 0 Å². The Balaban J connectivity index is 2.27. The monoisotopic (exact) mass is 188 g/mol. The van der Waals surface area contributed by atoms with Crippen LogP contribution >= 0.6 is 23.1 Å². The Bertz CT molecular complexity index is 210. The molecule has 4 heteroatoms. The zero-order valence-corrected chi connectivity index (χ0v) is 8.17. The molecule has 0 aliphatic carbocycles. The summed E-state index contributed by atoms with van der Waals surface area (Å²) in [6.07, 6.45) is 4.37. The maximum absolute atomic E-state index is 5.48. The molecule has 0 radical (unpaired) electrons. The molecule has 0 saturated carbocycles. The topological polar surface area (TPSA) is 38.9 Å². The van der Waals surface area contributed by atoms with Crippen LogP contribution in [0.5, 0.6) is 0 Å². The van der Waals surface area contributed by atoms with Gasteiger partial charge in [-0.1, -0.05) is 24.7 Å². The molecule has 1 aromatic heterocycles. The fourth-order valence-corrected chi connectivity index (χ4v) is 2.58. The maximum atomic E-state index is 5.48. The standard InChI is InChI=1S/C7H12N2S2/c1-2-3-4-10-6-5-9-7(8)11-6/h5H,2-4H2,1H3,(H2,8,9). The van der Waals surface area contributed by atoms with Gasteiger partial charge < -0.3 is 5.73 Å². The lowest BCUT2D eigenvalue weighted by molar-refractivity contribution is 0.896. The summed E-state index contributed by atoms with van der Waals surface area (Å²) < 4.78 is 1.23. The molecule has 0 bridgehead atoms. The second-order valence-corrected chi connectivity index (χ2v) is 4.68. The molecule has 0 saturated heterocycles. The Morgan fingerprint density at radius 3 is 3.09 bits per heavy atom. The molecule has 0 aliphatic heterocycles. The lowest BCUT2D eigenvalue weighted by Gasteiger charge is -1.92. The summed E-state index contributed by atoms with van der Waals surface area (Å²) in [5.74, 6) is 1.18. The van der Waals surface area contributed by atoms with Gasteiger partial charge in [-0.15, -0.1) is 11.8 Å². The van der Waals surface area contributed by atoms with Crippen molar-refractivity contribution in [2.24, 2.45) is 0 Å². The van der Waals surface area contributed by atoms with E-state index in [2.05, 4.69) is 11.9 Å². The van der Waals surface area contributed by atoms with E-state index in [4.69, 9.17) is 5.73 Å². The zero-order valence-electron chi connectivity index (χ0n) is 6.54. The number of nitrogens with two attached hydrogens (primary N) is 1. The van der Waals surface area contributed by atoms with Gasteiger partial charge >= 0.3 is 0 Å². The average molecular weight is 188 g/mol. The van der Waals surface area contributed by atoms with Crippen molar-refractivity contribution in [1.82, 2.24) is 4.98 Å². The van der Waals surface area contributed by atoms with E-state index < -0.39 is 0 Å². The third-order valence-electron chi connectivity index (χ3n) is 1.24. The lowest BCUT2D eigenvalue weighted by Crippen LogP contribution is -1.77. The summed E-state index contributed by atoms with van der Waals surface area (Å²) in [4.78, 5) is 3.97. The quantitative estimate of drug-likeness (QED) is 0.583. The summed E-state index contributed by atoms with van der Waals surface area (Å²) >= 11 is 3.41. The number of thioether (sulfide) groups is 1. The molecule has 0 amide bonds. The Labute approximate surface area is 75.2 Å². The third kappa shape index (κ3) is 3.12. The minimum atomic E-state index is 0.670. The first kappa shape index (κ1) is 8.87. The van der Waals surface area contributed by atoms with Gasteiger partial charge in [0.25, 0.3) is 0 Å². The van der Waals surface area contributed by atoms with E-state index in [1.807, 2.05) is 18.0 Å². The third-order valence-corrected chi connectivity index (χ3v) is 3.35. The van der Waals surface area contributed by atoms with E-state index in [1.54, 1.807) is 11.3 Å². The van der Waals surface area contributed by atoms with Crippen LogP contribution in [0.15, 0.2) is 10.4 Å². The number of anilines is 1. The van der Waals surface area contributed by atoms with Crippen molar-refractivity contribution < 1.29 is 0 Å². The molecule has 0 aliphatic rings. The summed E-state index contributed by atoms with van der Waals surface area (Å²) in [6.45, 7) is 2.20. The fourth-order valence-electron chi connectivity index (χ4n) is 0.656. The van der Waals surface area contributed by atoms with Crippen molar-refractivity contribution in [2.45, 2.75) is 24.0 Å². The summed E-state index contributed by atoms with van der Waals surface area (Å²) in [6, 6.07) is 0. The maximum Gasteiger partial charge on any atom is 0.181 e. The van der Waals surface area contributed by atoms with Crippen LogP contribution in [0.1, 0.15) is 19.8 Å². The molecule has 2 N–H and O–H groups in total. The number of nitrogens with zero attached hydrogens (tertiary/aromatic N) is 1. The molecular weight excluding hydrogens is 176 g/mol. The molecule has 62 valence electrons. The number of nitrogen functional groups attached to an aromatic ring is 1. The average Bonchev–Trinajstić information content (AvgIpc) is 2.37. The first-order valence-corrected chi connectivity index (χ1v) is 5.47. The summed E-state index contributed by atoms with van der Waals surface area (Å²) in [5, 5.41) is 0.670. The number of thiazole rings is 1. The van der Waals surface area contributed by atoms with E-state index in [-0.39, 0.29) is 0 Å². The van der Waals surface area contributed by atoms with Crippen LogP contribution in [0, 0.1) is 0 Å². The lowest BCUT2D eigenvalue weighted by atomic mass is 10.4. The Kier molecular flexibility index (Phi) is 3.72. The highest BCUT2D eigenvalue weighted by molar-refractivity contribution is 8.01. The summed E-state index contributed by atoms with van der Waals surface area (Å²) in [7, 11) is 0. The molecule has 2 nitrogen and oxygen atoms in total. The largest absolute Gasteiger partial charge is 0.375 e. The highest BCUT2D eigenvalue weighted by Gasteiger charge is 1.97. The van der Waals surface area contributed by atoms with E-state index in [1.165, 1.54) is 22.8 Å². The number of hydrogen-bond donors (Lipinski definition) is 1. The Morgan fingerprint density at radius 2 is 2.55 bits per heavy atom. The fraction of sp³-hybridized carbons (Fsp3) is 0.571. The van der Waals surface area contributed by atoms with Gasteiger partial charge in [0.15, 0.2) is 5.13 Å². The second-order valence-electron chi connectivity index (χ2n) is 2.22. The van der Waals surface area contributed by atoms with Gasteiger partial charge in [-0.25, -0.2) is 4.98 Å². The first-order valence-electron chi connectivity index (χ1n) is 3.67. The van der Waals surface area contributed by atoms with Crippen LogP contribution in [0.3, 0.4) is 0 Å². The molecular formula is C7H12N2S2. The van der Waals surface area contributed by atoms with Crippen LogP contribution in [0.4, 0.5) is 5.13 Å². The molecule has 0 fully saturated rings. The van der Waals surface area contributed by atoms with Gasteiger partial charge in [-0.05, 0) is 12.2 Å². The van der Waals surface area contributed by atoms with Crippen LogP contribution in [-0.2, 0) is 0 Å². The van der Waals surface area contributed by atoms with Gasteiger partial charge in [0, 0.05) is 0 Å². The molecule has 0 spiro atoms. The van der Waals surface area contributed by atoms with Crippen molar-refractivity contribution in [3.05, 3.63) is 6.20 Å². The number of aromatic nitrogens is 1. The van der Waals surface area contributed by atoms with Crippen LogP contribution in [-0.4, -0.2) is 10.7 Å². The van der Waals surface area contributed by atoms with E-state index in [0.717, 1.165) is 0 Å². The number of rotatable bonds is 4. The van der Waals surface area contributed by atoms with Crippen molar-refractivity contribution in [1.29, 1.82) is 0 Å². The molecule has 0 atom stereocenters. The second kappa shape index (κ2) is 4.62. The predicted octanol–water partition coefficient (Wildman–Crippen LogP) is 2.62. The summed E-state index contributed by atoms with van der Waals surface area (Å²) in [5.41, 5.74) is 5.48. The highest BCUT2D eigenvalue weighted by atomic mass is 32.2. The predicted molar refractivity (Wildman–Crippen MR) is 52.2 cm³/mol. The van der Waals surface area contributed by atoms with Gasteiger partial charge in [-0.3, -0.25) is 0 Å². The molecule has 1 rings (SSSR count). The SMILES string of the molecule is CCCCSc1cnc(N)s1. The van der Waals surface area contributed by atoms with Crippen molar-refractivity contribution in [3.63, 3.8) is 0 Å². The normalized spacial score (nSPS) is 10.3. The van der Waals surface area contributed by atoms with Crippen molar-refractivity contribution in [2.75, 3.05) is 11.5 Å². The van der Waals surface area contributed by atoms with Crippen molar-refractivity contribution >= 4 is 28.2 Å². The van der Waals surface area contributed by atoms with Crippen molar-refractivity contribution in [3.8, 4) is 0 Å². The zero-order chi connectivity index (χ0) is 8.10. The number of hydrogen-bond acceptors (Lipinski definition) is 4. The smallest absolute Gasteiger partial charge is 0.181 e. The Hall–Kier alpha value is -0.220. The molecule has 1 aromatic rings. The Morgan fingerprint density at radius 1 is 1.73 bits per heavy atom. The van der Waals surface area contributed by atoms with Gasteiger partial charge in [-0.2, -0.15) is 0 Å². The number of unbranched alkanes of at least 4 members (excludes halogenated alkanes) is 1. The highest BCUT2D eigenvalue weighted by Crippen LogP contribution is 2.26. The van der Waals surface area contributed by atoms with E-state index in [9.17, 15) is 0 Å². The van der Waals surface area contributed by atoms with E-state index >= 15 is 0 Å². The van der Waals surface area contributed by atoms with E-state index in [0.29, 0.717) is 5.13 Å². The molecule has 1 heterocycles.